The van der Waals surface area contributed by atoms with Crippen molar-refractivity contribution in [2.75, 3.05) is 33.3 Å². The fourth-order valence-electron chi connectivity index (χ4n) is 4.89. The largest absolute Gasteiger partial charge is 0.497 e. The summed E-state index contributed by atoms with van der Waals surface area (Å²) in [6.07, 6.45) is 1.84. The molecule has 1 N–H and O–H groups in total. The number of ether oxygens (including phenoxy) is 2. The van der Waals surface area contributed by atoms with E-state index in [1.807, 2.05) is 64.3 Å². The molecule has 2 aliphatic rings. The van der Waals surface area contributed by atoms with Gasteiger partial charge in [-0.25, -0.2) is 4.68 Å². The maximum Gasteiger partial charge on any atom is 0.254 e. The number of H-pyrrole nitrogens is 1. The van der Waals surface area contributed by atoms with Crippen molar-refractivity contribution in [3.05, 3.63) is 77.2 Å². The summed E-state index contributed by atoms with van der Waals surface area (Å²) < 4.78 is 13.4. The number of hydrogen-bond donors (Lipinski definition) is 1. The highest BCUT2D eigenvalue weighted by Gasteiger charge is 2.28. The smallest absolute Gasteiger partial charge is 0.254 e. The summed E-state index contributed by atoms with van der Waals surface area (Å²) in [6, 6.07) is 15.8. The first-order valence-electron chi connectivity index (χ1n) is 11.9. The van der Waals surface area contributed by atoms with Crippen molar-refractivity contribution in [1.82, 2.24) is 29.8 Å². The number of nitrogens with zero attached hydrogens (tertiary/aromatic N) is 5. The van der Waals surface area contributed by atoms with Crippen LogP contribution in [-0.2, 0) is 24.4 Å². The molecule has 6 rings (SSSR count). The molecule has 0 aliphatic carbocycles. The van der Waals surface area contributed by atoms with Gasteiger partial charge in [0, 0.05) is 50.0 Å². The van der Waals surface area contributed by atoms with Gasteiger partial charge < -0.3 is 19.4 Å². The zero-order valence-corrected chi connectivity index (χ0v) is 19.7. The van der Waals surface area contributed by atoms with Crippen molar-refractivity contribution >= 4 is 16.8 Å². The van der Waals surface area contributed by atoms with E-state index in [1.165, 1.54) is 0 Å². The Balaban J connectivity index is 1.06. The predicted molar refractivity (Wildman–Crippen MR) is 130 cm³/mol. The lowest BCUT2D eigenvalue weighted by molar-refractivity contribution is -0.00223. The number of hydrogen-bond acceptors (Lipinski definition) is 6. The summed E-state index contributed by atoms with van der Waals surface area (Å²) in [7, 11) is 1.66. The van der Waals surface area contributed by atoms with E-state index in [2.05, 4.69) is 20.2 Å². The van der Waals surface area contributed by atoms with Crippen LogP contribution in [0.15, 0.2) is 54.7 Å². The number of carbonyl (C=O) groups is 1. The molecular weight excluding hydrogens is 444 g/mol. The number of methoxy groups -OCH3 is 1. The van der Waals surface area contributed by atoms with E-state index in [-0.39, 0.29) is 12.0 Å². The van der Waals surface area contributed by atoms with Crippen molar-refractivity contribution in [3.8, 4) is 5.75 Å². The number of piperazine rings is 1. The molecule has 1 fully saturated rings. The third-order valence-corrected chi connectivity index (χ3v) is 7.00. The highest BCUT2D eigenvalue weighted by molar-refractivity contribution is 5.98. The van der Waals surface area contributed by atoms with Crippen molar-refractivity contribution < 1.29 is 14.3 Å². The van der Waals surface area contributed by atoms with Crippen LogP contribution in [0.5, 0.6) is 5.75 Å². The minimum absolute atomic E-state index is 0.0530. The Morgan fingerprint density at radius 3 is 2.74 bits per heavy atom. The van der Waals surface area contributed by atoms with E-state index in [0.717, 1.165) is 52.3 Å². The average Bonchev–Trinajstić information content (AvgIpc) is 3.55. The monoisotopic (exact) mass is 472 g/mol. The van der Waals surface area contributed by atoms with Gasteiger partial charge in [-0.15, -0.1) is 5.10 Å². The number of nitrogens with one attached hydrogen (secondary N) is 1. The van der Waals surface area contributed by atoms with Crippen LogP contribution in [0.3, 0.4) is 0 Å². The Hall–Kier alpha value is -3.69. The van der Waals surface area contributed by atoms with E-state index in [0.29, 0.717) is 32.8 Å². The minimum atomic E-state index is -0.0530. The zero-order chi connectivity index (χ0) is 23.8. The fourth-order valence-corrected chi connectivity index (χ4v) is 4.89. The van der Waals surface area contributed by atoms with Crippen LogP contribution >= 0.6 is 0 Å². The van der Waals surface area contributed by atoms with Crippen LogP contribution < -0.4 is 4.74 Å². The Bertz CT molecular complexity index is 1340. The lowest BCUT2D eigenvalue weighted by Gasteiger charge is -2.34. The van der Waals surface area contributed by atoms with E-state index < -0.39 is 0 Å². The first-order valence-corrected chi connectivity index (χ1v) is 11.9. The summed E-state index contributed by atoms with van der Waals surface area (Å²) in [6.45, 7) is 4.83. The summed E-state index contributed by atoms with van der Waals surface area (Å²) >= 11 is 0. The van der Waals surface area contributed by atoms with Crippen LogP contribution in [0.4, 0.5) is 0 Å². The standard InChI is InChI=1S/C26H28N6O3/c1-34-21-6-4-19(5-7-21)25-16-32-24(17-35-25)23(28-29-32)15-30-10-12-31(13-11-30)26(33)20-3-2-18-8-9-27-22(18)14-20/h2-9,14,25,27H,10-13,15-17H2,1H3. The van der Waals surface area contributed by atoms with E-state index in [1.54, 1.807) is 7.11 Å². The minimum Gasteiger partial charge on any atom is -0.497 e. The first-order chi connectivity index (χ1) is 17.2. The molecular formula is C26H28N6O3. The Kier molecular flexibility index (Phi) is 5.71. The molecule has 2 aliphatic heterocycles. The molecule has 1 amide bonds. The zero-order valence-electron chi connectivity index (χ0n) is 19.7. The number of amides is 1. The molecule has 0 radical (unpaired) electrons. The van der Waals surface area contributed by atoms with Crippen LogP contribution in [0.1, 0.15) is 33.4 Å². The Morgan fingerprint density at radius 1 is 1.11 bits per heavy atom. The lowest BCUT2D eigenvalue weighted by atomic mass is 10.1. The van der Waals surface area contributed by atoms with Crippen LogP contribution in [0.2, 0.25) is 0 Å². The van der Waals surface area contributed by atoms with Crippen molar-refractivity contribution in [2.45, 2.75) is 25.8 Å². The molecule has 0 spiro atoms. The summed E-state index contributed by atoms with van der Waals surface area (Å²) in [4.78, 5) is 20.5. The molecule has 9 heteroatoms. The van der Waals surface area contributed by atoms with Crippen LogP contribution in [-0.4, -0.2) is 69.0 Å². The number of benzene rings is 2. The third kappa shape index (κ3) is 4.28. The quantitative estimate of drug-likeness (QED) is 0.481. The first kappa shape index (κ1) is 21.8. The van der Waals surface area contributed by atoms with E-state index in [4.69, 9.17) is 9.47 Å². The lowest BCUT2D eigenvalue weighted by Crippen LogP contribution is -2.48. The maximum absolute atomic E-state index is 13.0. The average molecular weight is 473 g/mol. The molecule has 180 valence electrons. The van der Waals surface area contributed by atoms with Gasteiger partial charge in [-0.3, -0.25) is 9.69 Å². The van der Waals surface area contributed by atoms with Gasteiger partial charge >= 0.3 is 0 Å². The molecule has 2 aromatic carbocycles. The number of aromatic nitrogens is 4. The van der Waals surface area contributed by atoms with Gasteiger partial charge in [0.15, 0.2) is 0 Å². The second-order valence-electron chi connectivity index (χ2n) is 9.09. The molecule has 4 heterocycles. The summed E-state index contributed by atoms with van der Waals surface area (Å²) in [5.74, 6) is 0.914. The summed E-state index contributed by atoms with van der Waals surface area (Å²) in [5, 5.41) is 9.98. The molecule has 35 heavy (non-hydrogen) atoms. The summed E-state index contributed by atoms with van der Waals surface area (Å²) in [5.41, 5.74) is 4.81. The topological polar surface area (TPSA) is 88.5 Å². The molecule has 1 unspecified atom stereocenters. The normalized spacial score (nSPS) is 18.5. The molecule has 2 aromatic heterocycles. The van der Waals surface area contributed by atoms with Gasteiger partial charge in [-0.1, -0.05) is 23.4 Å². The second-order valence-corrected chi connectivity index (χ2v) is 9.09. The van der Waals surface area contributed by atoms with Crippen LogP contribution in [0, 0.1) is 0 Å². The van der Waals surface area contributed by atoms with Crippen molar-refractivity contribution in [1.29, 1.82) is 0 Å². The van der Waals surface area contributed by atoms with Gasteiger partial charge in [0.05, 0.1) is 26.0 Å². The second kappa shape index (κ2) is 9.16. The van der Waals surface area contributed by atoms with E-state index >= 15 is 0 Å². The van der Waals surface area contributed by atoms with Crippen LogP contribution in [0.25, 0.3) is 10.9 Å². The number of rotatable bonds is 5. The SMILES string of the molecule is COc1ccc(C2Cn3nnc(CN4CCN(C(=O)c5ccc6cc[nH]c6c5)CC4)c3CO2)cc1. The third-order valence-electron chi connectivity index (χ3n) is 7.00. The molecule has 0 bridgehead atoms. The maximum atomic E-state index is 13.0. The number of fused-ring (bicyclic) bond motifs is 2. The molecule has 1 atom stereocenters. The molecule has 0 saturated carbocycles. The number of carbonyl (C=O) groups excluding carboxylic acids is 1. The number of aromatic amines is 1. The van der Waals surface area contributed by atoms with Gasteiger partial charge in [-0.05, 0) is 41.3 Å². The highest BCUT2D eigenvalue weighted by Crippen LogP contribution is 2.28. The van der Waals surface area contributed by atoms with E-state index in [9.17, 15) is 4.79 Å². The van der Waals surface area contributed by atoms with Gasteiger partial charge in [0.2, 0.25) is 0 Å². The van der Waals surface area contributed by atoms with Crippen molar-refractivity contribution in [3.63, 3.8) is 0 Å². The van der Waals surface area contributed by atoms with Gasteiger partial charge in [0.1, 0.15) is 17.5 Å². The fraction of sp³-hybridized carbons (Fsp3) is 0.346. The molecule has 1 saturated heterocycles. The van der Waals surface area contributed by atoms with Crippen molar-refractivity contribution in [2.24, 2.45) is 0 Å². The van der Waals surface area contributed by atoms with Gasteiger partial charge in [-0.2, -0.15) is 0 Å². The highest BCUT2D eigenvalue weighted by atomic mass is 16.5. The predicted octanol–water partition coefficient (Wildman–Crippen LogP) is 3.00. The Morgan fingerprint density at radius 2 is 1.94 bits per heavy atom. The molecule has 9 nitrogen and oxygen atoms in total. The Labute approximate surface area is 203 Å². The van der Waals surface area contributed by atoms with Gasteiger partial charge in [0.25, 0.3) is 5.91 Å². The molecule has 4 aromatic rings.